The molecule has 0 aliphatic heterocycles. The molecule has 112 valence electrons. The molecule has 0 unspecified atom stereocenters. The summed E-state index contributed by atoms with van der Waals surface area (Å²) in [6.45, 7) is 0. The van der Waals surface area contributed by atoms with E-state index in [1.54, 1.807) is 29.0 Å². The van der Waals surface area contributed by atoms with Crippen LogP contribution in [0.5, 0.6) is 0 Å². The number of sulfone groups is 1. The zero-order valence-electron chi connectivity index (χ0n) is 12.4. The van der Waals surface area contributed by atoms with Gasteiger partial charge in [-0.1, -0.05) is 42.5 Å². The van der Waals surface area contributed by atoms with E-state index in [2.05, 4.69) is 0 Å². The quantitative estimate of drug-likeness (QED) is 0.699. The standard InChI is InChI=1S/C17H16NO3S/c1-18-12-16(17(21-18)14-6-4-3-5-7-14)13-8-10-15(11-9-13)22(2,19)20/h3-12H,1-2H3/q+1. The van der Waals surface area contributed by atoms with E-state index < -0.39 is 9.84 Å². The molecule has 3 aromatic rings. The Kier molecular flexibility index (Phi) is 3.58. The molecule has 0 aliphatic carbocycles. The van der Waals surface area contributed by atoms with Gasteiger partial charge in [-0.15, -0.1) is 0 Å². The van der Waals surface area contributed by atoms with Crippen LogP contribution >= 0.6 is 0 Å². The van der Waals surface area contributed by atoms with Crippen LogP contribution in [0.1, 0.15) is 0 Å². The third kappa shape index (κ3) is 2.80. The molecule has 0 amide bonds. The fourth-order valence-corrected chi connectivity index (χ4v) is 2.98. The van der Waals surface area contributed by atoms with Gasteiger partial charge in [0.1, 0.15) is 5.56 Å². The van der Waals surface area contributed by atoms with Crippen LogP contribution in [-0.2, 0) is 16.9 Å². The smallest absolute Gasteiger partial charge is 0.227 e. The molecule has 3 rings (SSSR count). The van der Waals surface area contributed by atoms with Crippen molar-refractivity contribution in [1.29, 1.82) is 0 Å². The SMILES string of the molecule is C[n+]1cc(-c2ccc(S(C)(=O)=O)cc2)c(-c2ccccc2)o1. The number of rotatable bonds is 3. The van der Waals surface area contributed by atoms with Crippen LogP contribution in [0.2, 0.25) is 0 Å². The molecule has 22 heavy (non-hydrogen) atoms. The second-order valence-corrected chi connectivity index (χ2v) is 7.19. The summed E-state index contributed by atoms with van der Waals surface area (Å²) in [6.07, 6.45) is 3.09. The van der Waals surface area contributed by atoms with Gasteiger partial charge >= 0.3 is 0 Å². The Morgan fingerprint density at radius 3 is 2.14 bits per heavy atom. The van der Waals surface area contributed by atoms with E-state index in [1.807, 2.05) is 43.6 Å². The lowest BCUT2D eigenvalue weighted by Crippen LogP contribution is -2.22. The van der Waals surface area contributed by atoms with Gasteiger partial charge in [-0.3, -0.25) is 0 Å². The van der Waals surface area contributed by atoms with Crippen LogP contribution in [0, 0.1) is 0 Å². The number of hydrogen-bond donors (Lipinski definition) is 0. The monoisotopic (exact) mass is 314 g/mol. The maximum absolute atomic E-state index is 11.6. The summed E-state index contributed by atoms with van der Waals surface area (Å²) in [4.78, 5) is 0.311. The van der Waals surface area contributed by atoms with Gasteiger partial charge in [-0.25, -0.2) is 12.9 Å². The lowest BCUT2D eigenvalue weighted by atomic mass is 10.0. The van der Waals surface area contributed by atoms with E-state index >= 15 is 0 Å². The van der Waals surface area contributed by atoms with E-state index in [9.17, 15) is 8.42 Å². The highest BCUT2D eigenvalue weighted by molar-refractivity contribution is 7.90. The van der Waals surface area contributed by atoms with Crippen molar-refractivity contribution in [1.82, 2.24) is 0 Å². The Hall–Kier alpha value is -2.40. The predicted octanol–water partition coefficient (Wildman–Crippen LogP) is 2.84. The average Bonchev–Trinajstić information content (AvgIpc) is 2.89. The molecule has 0 fully saturated rings. The molecule has 0 spiro atoms. The van der Waals surface area contributed by atoms with Crippen molar-refractivity contribution in [3.8, 4) is 22.5 Å². The van der Waals surface area contributed by atoms with Crippen molar-refractivity contribution < 1.29 is 17.7 Å². The van der Waals surface area contributed by atoms with E-state index in [0.717, 1.165) is 22.5 Å². The predicted molar refractivity (Wildman–Crippen MR) is 83.9 cm³/mol. The maximum Gasteiger partial charge on any atom is 0.227 e. The fourth-order valence-electron chi connectivity index (χ4n) is 2.35. The van der Waals surface area contributed by atoms with Gasteiger partial charge in [0, 0.05) is 11.8 Å². The van der Waals surface area contributed by atoms with Crippen LogP contribution in [0.15, 0.2) is 70.2 Å². The molecule has 0 saturated carbocycles. The molecular formula is C17H16NO3S+. The molecule has 4 nitrogen and oxygen atoms in total. The number of hydrogen-bond acceptors (Lipinski definition) is 3. The van der Waals surface area contributed by atoms with Crippen LogP contribution in [0.3, 0.4) is 0 Å². The highest BCUT2D eigenvalue weighted by Crippen LogP contribution is 2.31. The zero-order chi connectivity index (χ0) is 15.7. The number of aromatic nitrogens is 1. The third-order valence-corrected chi connectivity index (χ3v) is 4.55. The number of aryl methyl sites for hydroxylation is 1. The molecule has 1 aromatic heterocycles. The minimum Gasteiger partial charge on any atom is -0.236 e. The first-order chi connectivity index (χ1) is 10.4. The van der Waals surface area contributed by atoms with Crippen molar-refractivity contribution in [2.24, 2.45) is 7.05 Å². The molecule has 2 aromatic carbocycles. The zero-order valence-corrected chi connectivity index (χ0v) is 13.2. The Labute approximate surface area is 129 Å². The van der Waals surface area contributed by atoms with Gasteiger partial charge in [0.15, 0.2) is 16.9 Å². The van der Waals surface area contributed by atoms with Crippen molar-refractivity contribution in [2.45, 2.75) is 4.90 Å². The first-order valence-electron chi connectivity index (χ1n) is 6.81. The summed E-state index contributed by atoms with van der Waals surface area (Å²) < 4.78 is 30.5. The van der Waals surface area contributed by atoms with Crippen LogP contribution in [0.25, 0.3) is 22.5 Å². The summed E-state index contributed by atoms with van der Waals surface area (Å²) in [7, 11) is -1.37. The lowest BCUT2D eigenvalue weighted by Gasteiger charge is -2.01. The van der Waals surface area contributed by atoms with Gasteiger partial charge in [-0.05, 0) is 22.4 Å². The van der Waals surface area contributed by atoms with Gasteiger partial charge in [0.2, 0.25) is 12.0 Å². The van der Waals surface area contributed by atoms with Crippen molar-refractivity contribution in [2.75, 3.05) is 6.26 Å². The normalized spacial score (nSPS) is 11.5. The Morgan fingerprint density at radius 1 is 0.909 bits per heavy atom. The minimum absolute atomic E-state index is 0.311. The van der Waals surface area contributed by atoms with Gasteiger partial charge in [0.25, 0.3) is 0 Å². The van der Waals surface area contributed by atoms with E-state index in [0.29, 0.717) is 4.90 Å². The number of nitrogens with zero attached hydrogens (tertiary/aromatic N) is 1. The molecular weight excluding hydrogens is 298 g/mol. The molecule has 0 atom stereocenters. The summed E-state index contributed by atoms with van der Waals surface area (Å²) in [5.41, 5.74) is 2.81. The summed E-state index contributed by atoms with van der Waals surface area (Å²) in [6, 6.07) is 16.6. The minimum atomic E-state index is -3.19. The highest BCUT2D eigenvalue weighted by atomic mass is 32.2. The Bertz CT molecular complexity index is 895. The highest BCUT2D eigenvalue weighted by Gasteiger charge is 2.19. The molecule has 0 bridgehead atoms. The average molecular weight is 314 g/mol. The lowest BCUT2D eigenvalue weighted by molar-refractivity contribution is -0.843. The van der Waals surface area contributed by atoms with Crippen molar-refractivity contribution >= 4 is 9.84 Å². The van der Waals surface area contributed by atoms with Gasteiger partial charge in [-0.2, -0.15) is 0 Å². The third-order valence-electron chi connectivity index (χ3n) is 3.42. The second kappa shape index (κ2) is 5.42. The molecule has 0 aliphatic rings. The van der Waals surface area contributed by atoms with Crippen LogP contribution in [-0.4, -0.2) is 14.7 Å². The van der Waals surface area contributed by atoms with E-state index in [-0.39, 0.29) is 0 Å². The molecule has 1 heterocycles. The van der Waals surface area contributed by atoms with Gasteiger partial charge in [0.05, 0.1) is 4.90 Å². The van der Waals surface area contributed by atoms with Crippen molar-refractivity contribution in [3.63, 3.8) is 0 Å². The van der Waals surface area contributed by atoms with Crippen LogP contribution < -0.4 is 4.74 Å². The van der Waals surface area contributed by atoms with Gasteiger partial charge < -0.3 is 0 Å². The van der Waals surface area contributed by atoms with E-state index in [1.165, 1.54) is 6.26 Å². The first kappa shape index (κ1) is 14.5. The molecule has 0 N–H and O–H groups in total. The largest absolute Gasteiger partial charge is 0.236 e. The second-order valence-electron chi connectivity index (χ2n) is 5.17. The molecule has 5 heteroatoms. The first-order valence-corrected chi connectivity index (χ1v) is 8.70. The number of benzene rings is 2. The summed E-state index contributed by atoms with van der Waals surface area (Å²) >= 11 is 0. The Balaban J connectivity index is 2.10. The fraction of sp³-hybridized carbons (Fsp3) is 0.118. The maximum atomic E-state index is 11.6. The Morgan fingerprint density at radius 2 is 1.55 bits per heavy atom. The molecule has 0 radical (unpaired) electrons. The topological polar surface area (TPSA) is 51.2 Å². The summed E-state index contributed by atoms with van der Waals surface area (Å²) in [5.74, 6) is 0.759. The van der Waals surface area contributed by atoms with E-state index in [4.69, 9.17) is 4.52 Å². The summed E-state index contributed by atoms with van der Waals surface area (Å²) in [5, 5.41) is 0. The van der Waals surface area contributed by atoms with Crippen molar-refractivity contribution in [3.05, 3.63) is 60.8 Å². The van der Waals surface area contributed by atoms with Crippen LogP contribution in [0.4, 0.5) is 0 Å². The molecule has 0 saturated heterocycles.